The van der Waals surface area contributed by atoms with Gasteiger partial charge in [0.25, 0.3) is 0 Å². The van der Waals surface area contributed by atoms with Crippen LogP contribution in [0.5, 0.6) is 0 Å². The highest BCUT2D eigenvalue weighted by molar-refractivity contribution is 5.95. The van der Waals surface area contributed by atoms with E-state index in [2.05, 4.69) is 5.32 Å². The highest BCUT2D eigenvalue weighted by Gasteiger charge is 2.18. The molecule has 0 fully saturated rings. The van der Waals surface area contributed by atoms with Gasteiger partial charge < -0.3 is 10.4 Å². The van der Waals surface area contributed by atoms with Crippen LogP contribution in [-0.2, 0) is 6.42 Å². The van der Waals surface area contributed by atoms with Gasteiger partial charge in [-0.1, -0.05) is 0 Å². The van der Waals surface area contributed by atoms with Crippen LogP contribution in [0.25, 0.3) is 0 Å². The van der Waals surface area contributed by atoms with Gasteiger partial charge in [0.1, 0.15) is 5.82 Å². The fraction of sp³-hybridized carbons (Fsp3) is 0.300. The predicted octanol–water partition coefficient (Wildman–Crippen LogP) is 1.88. The highest BCUT2D eigenvalue weighted by atomic mass is 19.1. The summed E-state index contributed by atoms with van der Waals surface area (Å²) < 4.78 is 13.0. The first-order valence-electron chi connectivity index (χ1n) is 4.48. The summed E-state index contributed by atoms with van der Waals surface area (Å²) in [7, 11) is 0. The molecule has 0 radical (unpaired) electrons. The minimum atomic E-state index is -1.09. The van der Waals surface area contributed by atoms with Crippen molar-refractivity contribution in [1.29, 1.82) is 0 Å². The molecule has 0 spiro atoms. The molecule has 0 aromatic heterocycles. The van der Waals surface area contributed by atoms with Gasteiger partial charge in [-0.15, -0.1) is 0 Å². The molecule has 0 saturated heterocycles. The van der Waals surface area contributed by atoms with Gasteiger partial charge in [0.2, 0.25) is 0 Å². The Bertz CT molecular complexity index is 390. The predicted molar refractivity (Wildman–Crippen MR) is 50.2 cm³/mol. The van der Waals surface area contributed by atoms with Gasteiger partial charge in [-0.25, -0.2) is 9.18 Å². The van der Waals surface area contributed by atoms with Crippen molar-refractivity contribution in [3.05, 3.63) is 29.1 Å². The number of carboxylic acid groups (broad SMARTS) is 1. The number of fused-ring (bicyclic) bond motifs is 1. The van der Waals surface area contributed by atoms with E-state index < -0.39 is 11.8 Å². The van der Waals surface area contributed by atoms with Gasteiger partial charge >= 0.3 is 5.97 Å². The Morgan fingerprint density at radius 2 is 2.29 bits per heavy atom. The third-order valence-corrected chi connectivity index (χ3v) is 2.34. The van der Waals surface area contributed by atoms with E-state index >= 15 is 0 Å². The number of benzene rings is 1. The number of hydrogen-bond acceptors (Lipinski definition) is 2. The molecule has 74 valence electrons. The average molecular weight is 195 g/mol. The van der Waals surface area contributed by atoms with Crippen LogP contribution < -0.4 is 5.32 Å². The van der Waals surface area contributed by atoms with Gasteiger partial charge in [-0.3, -0.25) is 0 Å². The van der Waals surface area contributed by atoms with Crippen LogP contribution in [0.15, 0.2) is 12.1 Å². The number of carboxylic acids is 1. The maximum absolute atomic E-state index is 13.0. The molecule has 0 amide bonds. The zero-order valence-electron chi connectivity index (χ0n) is 7.51. The third kappa shape index (κ3) is 1.43. The summed E-state index contributed by atoms with van der Waals surface area (Å²) in [5, 5.41) is 11.9. The summed E-state index contributed by atoms with van der Waals surface area (Å²) >= 11 is 0. The second-order valence-electron chi connectivity index (χ2n) is 3.32. The van der Waals surface area contributed by atoms with Crippen molar-refractivity contribution in [2.75, 3.05) is 11.9 Å². The quantitative estimate of drug-likeness (QED) is 0.719. The fourth-order valence-corrected chi connectivity index (χ4v) is 1.73. The Morgan fingerprint density at radius 3 is 3.00 bits per heavy atom. The molecule has 2 rings (SSSR count). The number of aryl methyl sites for hydroxylation is 1. The molecule has 0 saturated carbocycles. The maximum atomic E-state index is 13.0. The molecule has 0 aliphatic carbocycles. The number of nitrogens with one attached hydrogen (secondary N) is 1. The number of halogens is 1. The maximum Gasteiger partial charge on any atom is 0.337 e. The number of aromatic carboxylic acids is 1. The van der Waals surface area contributed by atoms with Gasteiger partial charge in [-0.05, 0) is 30.5 Å². The second kappa shape index (κ2) is 3.29. The van der Waals surface area contributed by atoms with Crippen LogP contribution in [-0.4, -0.2) is 17.6 Å². The van der Waals surface area contributed by atoms with E-state index in [0.717, 1.165) is 31.0 Å². The van der Waals surface area contributed by atoms with E-state index in [-0.39, 0.29) is 5.56 Å². The fourth-order valence-electron chi connectivity index (χ4n) is 1.73. The van der Waals surface area contributed by atoms with Crippen molar-refractivity contribution >= 4 is 11.7 Å². The molecule has 2 N–H and O–H groups in total. The lowest BCUT2D eigenvalue weighted by molar-refractivity contribution is 0.0697. The Hall–Kier alpha value is -1.58. The van der Waals surface area contributed by atoms with Crippen molar-refractivity contribution in [3.63, 3.8) is 0 Å². The first kappa shape index (κ1) is 8.99. The topological polar surface area (TPSA) is 49.3 Å². The van der Waals surface area contributed by atoms with Crippen LogP contribution in [0.2, 0.25) is 0 Å². The van der Waals surface area contributed by atoms with Crippen molar-refractivity contribution < 1.29 is 14.3 Å². The largest absolute Gasteiger partial charge is 0.478 e. The molecule has 1 aliphatic rings. The minimum absolute atomic E-state index is 0.0275. The SMILES string of the molecule is O=C(O)c1cc(F)cc2c1NCCC2. The molecule has 1 aromatic carbocycles. The van der Waals surface area contributed by atoms with Crippen LogP contribution in [0, 0.1) is 5.82 Å². The first-order valence-corrected chi connectivity index (χ1v) is 4.48. The summed E-state index contributed by atoms with van der Waals surface area (Å²) in [6.45, 7) is 0.749. The molecule has 0 atom stereocenters. The molecule has 1 heterocycles. The summed E-state index contributed by atoms with van der Waals surface area (Å²) in [6, 6.07) is 2.45. The molecule has 4 heteroatoms. The molecular weight excluding hydrogens is 185 g/mol. The Morgan fingerprint density at radius 1 is 1.50 bits per heavy atom. The molecule has 14 heavy (non-hydrogen) atoms. The lowest BCUT2D eigenvalue weighted by Gasteiger charge is -2.19. The van der Waals surface area contributed by atoms with Crippen molar-refractivity contribution in [2.24, 2.45) is 0 Å². The molecule has 0 bridgehead atoms. The number of rotatable bonds is 1. The van der Waals surface area contributed by atoms with E-state index in [1.165, 1.54) is 6.07 Å². The number of carbonyl (C=O) groups is 1. The smallest absolute Gasteiger partial charge is 0.337 e. The van der Waals surface area contributed by atoms with Crippen LogP contribution in [0.1, 0.15) is 22.3 Å². The van der Waals surface area contributed by atoms with Crippen molar-refractivity contribution in [3.8, 4) is 0 Å². The van der Waals surface area contributed by atoms with E-state index in [0.29, 0.717) is 5.69 Å². The van der Waals surface area contributed by atoms with Crippen LogP contribution in [0.3, 0.4) is 0 Å². The second-order valence-corrected chi connectivity index (χ2v) is 3.32. The van der Waals surface area contributed by atoms with Crippen LogP contribution >= 0.6 is 0 Å². The van der Waals surface area contributed by atoms with Gasteiger partial charge in [0, 0.05) is 6.54 Å². The summed E-state index contributed by atoms with van der Waals surface area (Å²) in [5.74, 6) is -1.57. The number of hydrogen-bond donors (Lipinski definition) is 2. The standard InChI is InChI=1S/C10H10FNO2/c11-7-4-6-2-1-3-12-9(6)8(5-7)10(13)14/h4-5,12H,1-3H2,(H,13,14). The van der Waals surface area contributed by atoms with E-state index in [9.17, 15) is 9.18 Å². The third-order valence-electron chi connectivity index (χ3n) is 2.34. The normalized spacial score (nSPS) is 14.4. The van der Waals surface area contributed by atoms with Gasteiger partial charge in [0.05, 0.1) is 11.3 Å². The lowest BCUT2D eigenvalue weighted by atomic mass is 9.99. The van der Waals surface area contributed by atoms with E-state index in [4.69, 9.17) is 5.11 Å². The summed E-state index contributed by atoms with van der Waals surface area (Å²) in [6.07, 6.45) is 1.65. The first-order chi connectivity index (χ1) is 6.68. The van der Waals surface area contributed by atoms with Gasteiger partial charge in [-0.2, -0.15) is 0 Å². The van der Waals surface area contributed by atoms with E-state index in [1.807, 2.05) is 0 Å². The monoisotopic (exact) mass is 195 g/mol. The Kier molecular flexibility index (Phi) is 2.11. The molecule has 0 unspecified atom stereocenters. The average Bonchev–Trinajstić information content (AvgIpc) is 2.16. The molecule has 3 nitrogen and oxygen atoms in total. The highest BCUT2D eigenvalue weighted by Crippen LogP contribution is 2.27. The van der Waals surface area contributed by atoms with Crippen LogP contribution in [0.4, 0.5) is 10.1 Å². The Balaban J connectivity index is 2.58. The van der Waals surface area contributed by atoms with Gasteiger partial charge in [0.15, 0.2) is 0 Å². The van der Waals surface area contributed by atoms with E-state index in [1.54, 1.807) is 0 Å². The molecular formula is C10H10FNO2. The zero-order valence-corrected chi connectivity index (χ0v) is 7.51. The summed E-state index contributed by atoms with van der Waals surface area (Å²) in [4.78, 5) is 10.8. The summed E-state index contributed by atoms with van der Waals surface area (Å²) in [5.41, 5.74) is 1.36. The minimum Gasteiger partial charge on any atom is -0.478 e. The van der Waals surface area contributed by atoms with Crippen molar-refractivity contribution in [1.82, 2.24) is 0 Å². The molecule has 1 aliphatic heterocycles. The number of anilines is 1. The molecule has 1 aromatic rings. The Labute approximate surface area is 80.6 Å². The van der Waals surface area contributed by atoms with Crippen molar-refractivity contribution in [2.45, 2.75) is 12.8 Å². The zero-order chi connectivity index (χ0) is 10.1. The lowest BCUT2D eigenvalue weighted by Crippen LogP contribution is -2.16.